The van der Waals surface area contributed by atoms with Crippen molar-refractivity contribution in [1.29, 1.82) is 0 Å². The number of benzene rings is 2. The minimum atomic E-state index is -0.611. The number of nitrogens with zero attached hydrogens (tertiary/aromatic N) is 2. The van der Waals surface area contributed by atoms with Gasteiger partial charge in [-0.25, -0.2) is 13.8 Å². The van der Waals surface area contributed by atoms with Crippen molar-refractivity contribution in [2.24, 2.45) is 0 Å². The van der Waals surface area contributed by atoms with E-state index in [-0.39, 0.29) is 17.3 Å². The van der Waals surface area contributed by atoms with Crippen molar-refractivity contribution in [3.8, 4) is 0 Å². The van der Waals surface area contributed by atoms with Crippen molar-refractivity contribution >= 4 is 17.5 Å². The van der Waals surface area contributed by atoms with Gasteiger partial charge < -0.3 is 11.1 Å². The Morgan fingerprint density at radius 3 is 2.19 bits per heavy atom. The highest BCUT2D eigenvalue weighted by Crippen LogP contribution is 2.31. The van der Waals surface area contributed by atoms with Crippen LogP contribution in [0.3, 0.4) is 0 Å². The van der Waals surface area contributed by atoms with Gasteiger partial charge in [0, 0.05) is 22.7 Å². The normalized spacial score (nSPS) is 12.0. The lowest BCUT2D eigenvalue weighted by Gasteiger charge is -2.18. The topological polar surface area (TPSA) is 63.8 Å². The molecular weight excluding hydrogens is 334 g/mol. The van der Waals surface area contributed by atoms with Crippen LogP contribution in [0.1, 0.15) is 35.2 Å². The quantitative estimate of drug-likeness (QED) is 0.703. The van der Waals surface area contributed by atoms with Crippen LogP contribution in [0.2, 0.25) is 0 Å². The van der Waals surface area contributed by atoms with E-state index in [2.05, 4.69) is 15.3 Å². The summed E-state index contributed by atoms with van der Waals surface area (Å²) in [4.78, 5) is 8.71. The second-order valence-electron chi connectivity index (χ2n) is 6.29. The highest BCUT2D eigenvalue weighted by molar-refractivity contribution is 5.57. The van der Waals surface area contributed by atoms with E-state index < -0.39 is 17.6 Å². The van der Waals surface area contributed by atoms with Gasteiger partial charge in [-0.15, -0.1) is 0 Å². The van der Waals surface area contributed by atoms with Crippen LogP contribution in [-0.4, -0.2) is 9.97 Å². The zero-order chi connectivity index (χ0) is 18.8. The van der Waals surface area contributed by atoms with Gasteiger partial charge in [0.2, 0.25) is 5.95 Å². The molecule has 134 valence electrons. The molecule has 1 aromatic heterocycles. The summed E-state index contributed by atoms with van der Waals surface area (Å²) in [6.45, 7) is 5.44. The van der Waals surface area contributed by atoms with E-state index in [1.165, 1.54) is 18.2 Å². The van der Waals surface area contributed by atoms with Gasteiger partial charge in [0.1, 0.15) is 17.5 Å². The van der Waals surface area contributed by atoms with E-state index in [0.29, 0.717) is 11.3 Å². The van der Waals surface area contributed by atoms with Crippen molar-refractivity contribution in [2.45, 2.75) is 26.7 Å². The van der Waals surface area contributed by atoms with Crippen LogP contribution >= 0.6 is 0 Å². The number of hydrogen-bond acceptors (Lipinski definition) is 4. The first-order valence-electron chi connectivity index (χ1n) is 8.28. The molecule has 0 fully saturated rings. The lowest BCUT2D eigenvalue weighted by Crippen LogP contribution is -2.12. The zero-order valence-corrected chi connectivity index (χ0v) is 14.8. The molecule has 0 aliphatic rings. The van der Waals surface area contributed by atoms with Gasteiger partial charge in [-0.3, -0.25) is 0 Å². The highest BCUT2D eigenvalue weighted by Gasteiger charge is 2.22. The number of aryl methyl sites for hydroxylation is 1. The van der Waals surface area contributed by atoms with Gasteiger partial charge in [-0.2, -0.15) is 4.98 Å². The maximum absolute atomic E-state index is 14.2. The van der Waals surface area contributed by atoms with E-state index >= 15 is 0 Å². The van der Waals surface area contributed by atoms with E-state index in [0.717, 1.165) is 11.3 Å². The van der Waals surface area contributed by atoms with E-state index in [1.54, 1.807) is 13.8 Å². The first kappa shape index (κ1) is 17.8. The number of nitrogens with one attached hydrogen (secondary N) is 1. The van der Waals surface area contributed by atoms with Crippen molar-refractivity contribution in [1.82, 2.24) is 9.97 Å². The molecule has 0 aliphatic carbocycles. The van der Waals surface area contributed by atoms with Crippen LogP contribution in [0, 0.1) is 25.5 Å². The molecule has 3 aromatic rings. The molecule has 0 radical (unpaired) electrons. The van der Waals surface area contributed by atoms with Crippen LogP contribution < -0.4 is 11.1 Å². The zero-order valence-electron chi connectivity index (χ0n) is 14.8. The Morgan fingerprint density at radius 2 is 1.58 bits per heavy atom. The minimum Gasteiger partial charge on any atom is -0.383 e. The fourth-order valence-electron chi connectivity index (χ4n) is 2.86. The molecule has 6 heteroatoms. The maximum Gasteiger partial charge on any atom is 0.229 e. The second-order valence-corrected chi connectivity index (χ2v) is 6.29. The van der Waals surface area contributed by atoms with Crippen molar-refractivity contribution < 1.29 is 8.78 Å². The predicted octanol–water partition coefficient (Wildman–Crippen LogP) is 4.85. The summed E-state index contributed by atoms with van der Waals surface area (Å²) in [6, 6.07) is 11.5. The van der Waals surface area contributed by atoms with Gasteiger partial charge in [-0.1, -0.05) is 30.7 Å². The number of rotatable bonds is 4. The molecule has 1 heterocycles. The van der Waals surface area contributed by atoms with E-state index in [1.807, 2.05) is 31.2 Å². The minimum absolute atomic E-state index is 0.0324. The van der Waals surface area contributed by atoms with Crippen LogP contribution in [0.15, 0.2) is 42.5 Å². The van der Waals surface area contributed by atoms with Crippen molar-refractivity contribution in [3.05, 3.63) is 76.5 Å². The monoisotopic (exact) mass is 354 g/mol. The molecule has 0 spiro atoms. The van der Waals surface area contributed by atoms with Gasteiger partial charge in [0.15, 0.2) is 0 Å². The molecule has 0 bridgehead atoms. The van der Waals surface area contributed by atoms with Crippen molar-refractivity contribution in [3.63, 3.8) is 0 Å². The number of nitrogens with two attached hydrogens (primary N) is 1. The second kappa shape index (κ2) is 7.07. The number of aromatic nitrogens is 2. The van der Waals surface area contributed by atoms with Gasteiger partial charge >= 0.3 is 0 Å². The molecule has 1 atom stereocenters. The first-order valence-corrected chi connectivity index (χ1v) is 8.28. The first-order chi connectivity index (χ1) is 12.4. The average Bonchev–Trinajstić information content (AvgIpc) is 2.59. The highest BCUT2D eigenvalue weighted by atomic mass is 19.1. The molecule has 26 heavy (non-hydrogen) atoms. The molecule has 3 N–H and O–H groups in total. The number of nitrogen functional groups attached to an aromatic ring is 1. The molecule has 3 rings (SSSR count). The molecular formula is C20H20F2N4. The molecule has 4 nitrogen and oxygen atoms in total. The number of anilines is 3. The average molecular weight is 354 g/mol. The summed E-state index contributed by atoms with van der Waals surface area (Å²) < 4.78 is 28.3. The summed E-state index contributed by atoms with van der Waals surface area (Å²) in [7, 11) is 0. The van der Waals surface area contributed by atoms with Crippen LogP contribution in [0.5, 0.6) is 0 Å². The third-order valence-corrected chi connectivity index (χ3v) is 4.37. The number of halogens is 2. The fourth-order valence-corrected chi connectivity index (χ4v) is 2.86. The lowest BCUT2D eigenvalue weighted by atomic mass is 9.93. The third kappa shape index (κ3) is 3.49. The molecule has 0 aliphatic heterocycles. The van der Waals surface area contributed by atoms with Gasteiger partial charge in [0.25, 0.3) is 0 Å². The van der Waals surface area contributed by atoms with E-state index in [4.69, 9.17) is 5.73 Å². The summed E-state index contributed by atoms with van der Waals surface area (Å²) >= 11 is 0. The molecule has 2 aromatic carbocycles. The van der Waals surface area contributed by atoms with Crippen LogP contribution in [-0.2, 0) is 0 Å². The largest absolute Gasteiger partial charge is 0.383 e. The van der Waals surface area contributed by atoms with Crippen LogP contribution in [0.25, 0.3) is 0 Å². The predicted molar refractivity (Wildman–Crippen MR) is 99.5 cm³/mol. The van der Waals surface area contributed by atoms with Crippen LogP contribution in [0.4, 0.5) is 26.2 Å². The Balaban J connectivity index is 2.01. The summed E-state index contributed by atoms with van der Waals surface area (Å²) in [5.74, 6) is -1.27. The summed E-state index contributed by atoms with van der Waals surface area (Å²) in [5, 5.41) is 3.09. The lowest BCUT2D eigenvalue weighted by molar-refractivity contribution is 0.544. The van der Waals surface area contributed by atoms with Gasteiger partial charge in [-0.05, 0) is 38.1 Å². The fraction of sp³-hybridized carbons (Fsp3) is 0.200. The number of hydrogen-bond donors (Lipinski definition) is 2. The maximum atomic E-state index is 14.2. The summed E-state index contributed by atoms with van der Waals surface area (Å²) in [6.07, 6.45) is 0. The smallest absolute Gasteiger partial charge is 0.229 e. The molecule has 0 saturated heterocycles. The Labute approximate surface area is 151 Å². The van der Waals surface area contributed by atoms with Gasteiger partial charge in [0.05, 0.1) is 5.69 Å². The van der Waals surface area contributed by atoms with Crippen molar-refractivity contribution in [2.75, 3.05) is 11.1 Å². The SMILES string of the molecule is Cc1ccc(Nc2nc(N)c(C)c([C@H](C)c3c(F)cccc3F)n2)cc1. The third-order valence-electron chi connectivity index (χ3n) is 4.37. The Hall–Kier alpha value is -3.02. The molecule has 0 amide bonds. The summed E-state index contributed by atoms with van der Waals surface area (Å²) in [5.41, 5.74) is 9.00. The standard InChI is InChI=1S/C20H20F2N4/c1-11-7-9-14(10-8-11)24-20-25-18(13(3)19(23)26-20)12(2)17-15(21)5-4-6-16(17)22/h4-10,12H,1-3H3,(H3,23,24,25,26)/t12-/m1/s1. The Bertz CT molecular complexity index is 919. The molecule has 0 saturated carbocycles. The van der Waals surface area contributed by atoms with E-state index in [9.17, 15) is 8.78 Å². The Kier molecular flexibility index (Phi) is 4.84. The Morgan fingerprint density at radius 1 is 0.962 bits per heavy atom. The molecule has 0 unspecified atom stereocenters.